The van der Waals surface area contributed by atoms with Crippen LogP contribution in [0.15, 0.2) is 4.99 Å². The first kappa shape index (κ1) is 20.0. The van der Waals surface area contributed by atoms with E-state index in [4.69, 9.17) is 4.99 Å². The van der Waals surface area contributed by atoms with Crippen molar-refractivity contribution in [2.75, 3.05) is 33.2 Å². The second-order valence-corrected chi connectivity index (χ2v) is 7.07. The third kappa shape index (κ3) is 7.02. The topological polar surface area (TPSA) is 39.7 Å². The summed E-state index contributed by atoms with van der Waals surface area (Å²) in [6.45, 7) is 8.90. The van der Waals surface area contributed by atoms with Crippen molar-refractivity contribution >= 4 is 29.9 Å². The van der Waals surface area contributed by atoms with Gasteiger partial charge in [0.25, 0.3) is 0 Å². The molecule has 0 unspecified atom stereocenters. The summed E-state index contributed by atoms with van der Waals surface area (Å²) in [5.41, 5.74) is 0. The standard InChI is InChI=1S/C17H34N4.HI/c1-4-18-17(20-16-7-5-14(2)6-8-16)19-13-15-9-11-21(3)12-10-15;/h14-16H,4-13H2,1-3H3,(H2,18,19,20);1H. The van der Waals surface area contributed by atoms with Crippen LogP contribution in [0.4, 0.5) is 0 Å². The van der Waals surface area contributed by atoms with Crippen LogP contribution in [0.1, 0.15) is 52.4 Å². The zero-order chi connectivity index (χ0) is 15.1. The van der Waals surface area contributed by atoms with E-state index >= 15 is 0 Å². The number of nitrogens with zero attached hydrogens (tertiary/aromatic N) is 2. The highest BCUT2D eigenvalue weighted by atomic mass is 127. The molecule has 130 valence electrons. The number of likely N-dealkylation sites (tertiary alicyclic amines) is 1. The first-order valence-corrected chi connectivity index (χ1v) is 8.90. The van der Waals surface area contributed by atoms with Crippen molar-refractivity contribution in [3.63, 3.8) is 0 Å². The number of hydrogen-bond acceptors (Lipinski definition) is 2. The van der Waals surface area contributed by atoms with Gasteiger partial charge in [-0.1, -0.05) is 6.92 Å². The van der Waals surface area contributed by atoms with E-state index in [1.54, 1.807) is 0 Å². The summed E-state index contributed by atoms with van der Waals surface area (Å²) in [5.74, 6) is 2.71. The first-order valence-electron chi connectivity index (χ1n) is 8.90. The van der Waals surface area contributed by atoms with E-state index in [2.05, 4.69) is 36.4 Å². The number of piperidine rings is 1. The second kappa shape index (κ2) is 10.7. The molecular weight excluding hydrogens is 387 g/mol. The molecule has 1 saturated carbocycles. The Balaban J connectivity index is 0.00000242. The van der Waals surface area contributed by atoms with Crippen molar-refractivity contribution in [1.29, 1.82) is 0 Å². The highest BCUT2D eigenvalue weighted by Crippen LogP contribution is 2.23. The minimum Gasteiger partial charge on any atom is -0.357 e. The fraction of sp³-hybridized carbons (Fsp3) is 0.941. The molecule has 2 N–H and O–H groups in total. The second-order valence-electron chi connectivity index (χ2n) is 7.07. The Morgan fingerprint density at radius 3 is 2.32 bits per heavy atom. The van der Waals surface area contributed by atoms with Gasteiger partial charge in [0.05, 0.1) is 0 Å². The van der Waals surface area contributed by atoms with E-state index < -0.39 is 0 Å². The van der Waals surface area contributed by atoms with E-state index in [0.717, 1.165) is 30.9 Å². The van der Waals surface area contributed by atoms with E-state index in [0.29, 0.717) is 6.04 Å². The van der Waals surface area contributed by atoms with Gasteiger partial charge in [0.15, 0.2) is 5.96 Å². The highest BCUT2D eigenvalue weighted by Gasteiger charge is 2.20. The first-order chi connectivity index (χ1) is 10.2. The summed E-state index contributed by atoms with van der Waals surface area (Å²) < 4.78 is 0. The number of nitrogens with one attached hydrogen (secondary N) is 2. The summed E-state index contributed by atoms with van der Waals surface area (Å²) >= 11 is 0. The Morgan fingerprint density at radius 2 is 1.73 bits per heavy atom. The van der Waals surface area contributed by atoms with Crippen LogP contribution in [-0.2, 0) is 0 Å². The van der Waals surface area contributed by atoms with E-state index in [1.165, 1.54) is 51.6 Å². The van der Waals surface area contributed by atoms with Gasteiger partial charge in [-0.15, -0.1) is 24.0 Å². The molecule has 0 atom stereocenters. The van der Waals surface area contributed by atoms with Crippen molar-refractivity contribution < 1.29 is 0 Å². The van der Waals surface area contributed by atoms with E-state index in [9.17, 15) is 0 Å². The molecule has 2 aliphatic rings. The monoisotopic (exact) mass is 422 g/mol. The molecule has 2 rings (SSSR count). The van der Waals surface area contributed by atoms with E-state index in [-0.39, 0.29) is 24.0 Å². The maximum Gasteiger partial charge on any atom is 0.191 e. The van der Waals surface area contributed by atoms with Crippen molar-refractivity contribution in [2.45, 2.75) is 58.4 Å². The lowest BCUT2D eigenvalue weighted by Gasteiger charge is -2.29. The maximum atomic E-state index is 4.85. The molecule has 1 aliphatic heterocycles. The van der Waals surface area contributed by atoms with Crippen LogP contribution in [0.5, 0.6) is 0 Å². The van der Waals surface area contributed by atoms with Gasteiger partial charge in [-0.05, 0) is 77.4 Å². The van der Waals surface area contributed by atoms with Crippen LogP contribution >= 0.6 is 24.0 Å². The predicted octanol–water partition coefficient (Wildman–Crippen LogP) is 3.08. The molecule has 4 nitrogen and oxygen atoms in total. The summed E-state index contributed by atoms with van der Waals surface area (Å²) in [7, 11) is 2.22. The molecule has 0 aromatic carbocycles. The van der Waals surface area contributed by atoms with Gasteiger partial charge >= 0.3 is 0 Å². The third-order valence-electron chi connectivity index (χ3n) is 5.05. The van der Waals surface area contributed by atoms with Gasteiger partial charge in [-0.25, -0.2) is 0 Å². The third-order valence-corrected chi connectivity index (χ3v) is 5.05. The van der Waals surface area contributed by atoms with Gasteiger partial charge in [0.2, 0.25) is 0 Å². The number of rotatable bonds is 4. The van der Waals surface area contributed by atoms with Crippen LogP contribution in [0.3, 0.4) is 0 Å². The van der Waals surface area contributed by atoms with Crippen molar-refractivity contribution in [3.05, 3.63) is 0 Å². The Bertz CT molecular complexity index is 319. The Labute approximate surface area is 153 Å². The average Bonchev–Trinajstić information content (AvgIpc) is 2.49. The fourth-order valence-electron chi connectivity index (χ4n) is 3.38. The van der Waals surface area contributed by atoms with Crippen LogP contribution in [0, 0.1) is 11.8 Å². The largest absolute Gasteiger partial charge is 0.357 e. The van der Waals surface area contributed by atoms with Crippen molar-refractivity contribution in [3.8, 4) is 0 Å². The zero-order valence-electron chi connectivity index (χ0n) is 14.6. The minimum absolute atomic E-state index is 0. The molecular formula is C17H35IN4. The van der Waals surface area contributed by atoms with Gasteiger partial charge in [0, 0.05) is 19.1 Å². The van der Waals surface area contributed by atoms with Gasteiger partial charge in [-0.3, -0.25) is 4.99 Å². The van der Waals surface area contributed by atoms with Crippen LogP contribution in [0.2, 0.25) is 0 Å². The average molecular weight is 422 g/mol. The molecule has 0 radical (unpaired) electrons. The normalized spacial score (nSPS) is 28.0. The van der Waals surface area contributed by atoms with Gasteiger partial charge < -0.3 is 15.5 Å². The summed E-state index contributed by atoms with van der Waals surface area (Å²) in [6, 6.07) is 0.622. The lowest BCUT2D eigenvalue weighted by atomic mass is 9.87. The molecule has 1 heterocycles. The molecule has 5 heteroatoms. The highest BCUT2D eigenvalue weighted by molar-refractivity contribution is 14.0. The summed E-state index contributed by atoms with van der Waals surface area (Å²) in [6.07, 6.45) is 7.87. The fourth-order valence-corrected chi connectivity index (χ4v) is 3.38. The molecule has 0 aromatic rings. The Kier molecular flexibility index (Phi) is 9.71. The minimum atomic E-state index is 0. The smallest absolute Gasteiger partial charge is 0.191 e. The quantitative estimate of drug-likeness (QED) is 0.416. The number of guanidine groups is 1. The van der Waals surface area contributed by atoms with Gasteiger partial charge in [-0.2, -0.15) is 0 Å². The maximum absolute atomic E-state index is 4.85. The number of hydrogen-bond donors (Lipinski definition) is 2. The molecule has 1 aliphatic carbocycles. The number of aliphatic imine (C=N–C) groups is 1. The molecule has 22 heavy (non-hydrogen) atoms. The molecule has 0 aromatic heterocycles. The summed E-state index contributed by atoms with van der Waals surface area (Å²) in [4.78, 5) is 7.27. The predicted molar refractivity (Wildman–Crippen MR) is 106 cm³/mol. The zero-order valence-corrected chi connectivity index (χ0v) is 16.9. The van der Waals surface area contributed by atoms with Crippen molar-refractivity contribution in [2.24, 2.45) is 16.8 Å². The lowest BCUT2D eigenvalue weighted by molar-refractivity contribution is 0.223. The molecule has 2 fully saturated rings. The molecule has 0 bridgehead atoms. The molecule has 0 amide bonds. The SMILES string of the molecule is CCNC(=NCC1CCN(C)CC1)NC1CCC(C)CC1.I. The van der Waals surface area contributed by atoms with Crippen LogP contribution in [0.25, 0.3) is 0 Å². The summed E-state index contributed by atoms with van der Waals surface area (Å²) in [5, 5.41) is 7.07. The van der Waals surface area contributed by atoms with Crippen molar-refractivity contribution in [1.82, 2.24) is 15.5 Å². The molecule has 0 spiro atoms. The lowest BCUT2D eigenvalue weighted by Crippen LogP contribution is -2.45. The van der Waals surface area contributed by atoms with Crippen LogP contribution < -0.4 is 10.6 Å². The Morgan fingerprint density at radius 1 is 1.09 bits per heavy atom. The van der Waals surface area contributed by atoms with Gasteiger partial charge in [0.1, 0.15) is 0 Å². The molecule has 1 saturated heterocycles. The van der Waals surface area contributed by atoms with E-state index in [1.807, 2.05) is 0 Å². The van der Waals surface area contributed by atoms with Crippen LogP contribution in [-0.4, -0.2) is 50.1 Å². The number of halogens is 1. The Hall–Kier alpha value is -0.0400.